The summed E-state index contributed by atoms with van der Waals surface area (Å²) in [6.45, 7) is 0. The van der Waals surface area contributed by atoms with Gasteiger partial charge in [-0.3, -0.25) is 20.2 Å². The molecule has 29 heavy (non-hydrogen) atoms. The highest BCUT2D eigenvalue weighted by Gasteiger charge is 2.25. The van der Waals surface area contributed by atoms with E-state index < -0.39 is 27.0 Å². The Morgan fingerprint density at radius 1 is 0.828 bits per heavy atom. The van der Waals surface area contributed by atoms with Crippen molar-refractivity contribution < 1.29 is 15.0 Å². The molecule has 9 heteroatoms. The Hall–Kier alpha value is -4.40. The highest BCUT2D eigenvalue weighted by Crippen LogP contribution is 2.37. The molecular weight excluding hydrogens is 376 g/mol. The van der Waals surface area contributed by atoms with Gasteiger partial charge in [0.1, 0.15) is 5.71 Å². The molecule has 0 fully saturated rings. The smallest absolute Gasteiger partial charge is 0.318 e. The first-order chi connectivity index (χ1) is 14.0. The number of phenols is 1. The Balaban J connectivity index is 1.79. The highest BCUT2D eigenvalue weighted by atomic mass is 16.6. The molecular formula is C20H12N4O5. The first-order valence-electron chi connectivity index (χ1n) is 8.43. The fourth-order valence-electron chi connectivity index (χ4n) is 3.22. The number of non-ortho nitro benzene ring substituents is 1. The standard InChI is InChI=1S/C20H12N4O5/c25-20-12(9-13(23(26)27)10-18(20)24(28)29)11-21-22-19-16-7-3-1-5-14(16)15-6-2-4-8-17(15)19/h1-11,25H/b21-11-. The van der Waals surface area contributed by atoms with Crippen molar-refractivity contribution in [2.24, 2.45) is 10.2 Å². The Kier molecular flexibility index (Phi) is 4.32. The molecule has 0 spiro atoms. The van der Waals surface area contributed by atoms with Gasteiger partial charge in [-0.15, -0.1) is 5.10 Å². The van der Waals surface area contributed by atoms with Crippen LogP contribution in [-0.4, -0.2) is 26.9 Å². The summed E-state index contributed by atoms with van der Waals surface area (Å²) < 4.78 is 0. The minimum atomic E-state index is -0.894. The number of aromatic hydroxyl groups is 1. The molecule has 0 bridgehead atoms. The van der Waals surface area contributed by atoms with Crippen molar-refractivity contribution in [1.82, 2.24) is 0 Å². The van der Waals surface area contributed by atoms with Crippen LogP contribution in [0, 0.1) is 20.2 Å². The van der Waals surface area contributed by atoms with Gasteiger partial charge in [0.2, 0.25) is 5.75 Å². The van der Waals surface area contributed by atoms with Gasteiger partial charge in [-0.05, 0) is 11.1 Å². The maximum Gasteiger partial charge on any atom is 0.318 e. The molecule has 0 aromatic heterocycles. The van der Waals surface area contributed by atoms with E-state index >= 15 is 0 Å². The molecule has 0 aliphatic heterocycles. The highest BCUT2D eigenvalue weighted by molar-refractivity contribution is 6.24. The van der Waals surface area contributed by atoms with Crippen molar-refractivity contribution in [2.75, 3.05) is 0 Å². The van der Waals surface area contributed by atoms with Crippen molar-refractivity contribution >= 4 is 23.3 Å². The van der Waals surface area contributed by atoms with Crippen LogP contribution >= 0.6 is 0 Å². The van der Waals surface area contributed by atoms with Gasteiger partial charge in [-0.25, -0.2) is 0 Å². The third-order valence-corrected chi connectivity index (χ3v) is 4.52. The van der Waals surface area contributed by atoms with Crippen LogP contribution in [0.5, 0.6) is 5.75 Å². The van der Waals surface area contributed by atoms with Crippen LogP contribution in [0.25, 0.3) is 11.1 Å². The molecule has 0 saturated carbocycles. The van der Waals surface area contributed by atoms with Crippen LogP contribution in [-0.2, 0) is 0 Å². The third kappa shape index (κ3) is 3.10. The summed E-state index contributed by atoms with van der Waals surface area (Å²) in [6.07, 6.45) is 1.06. The normalized spacial score (nSPS) is 11.9. The molecule has 4 rings (SSSR count). The van der Waals surface area contributed by atoms with Gasteiger partial charge < -0.3 is 5.11 Å². The molecule has 0 saturated heterocycles. The van der Waals surface area contributed by atoms with E-state index in [1.165, 1.54) is 0 Å². The summed E-state index contributed by atoms with van der Waals surface area (Å²) in [4.78, 5) is 20.4. The molecule has 3 aromatic carbocycles. The number of rotatable bonds is 4. The first kappa shape index (κ1) is 18.0. The average Bonchev–Trinajstić information content (AvgIpc) is 3.03. The molecule has 1 aliphatic rings. The maximum absolute atomic E-state index is 11.1. The van der Waals surface area contributed by atoms with Gasteiger partial charge in [0, 0.05) is 17.2 Å². The second-order valence-electron chi connectivity index (χ2n) is 6.20. The lowest BCUT2D eigenvalue weighted by atomic mass is 10.1. The Labute approximate surface area is 163 Å². The SMILES string of the molecule is O=[N+]([O-])c1cc(/C=N\N=C2c3ccccc3-c3ccccc32)c(O)c([N+](=O)[O-])c1. The van der Waals surface area contributed by atoms with Crippen molar-refractivity contribution in [2.45, 2.75) is 0 Å². The number of hydrogen-bond donors (Lipinski definition) is 1. The van der Waals surface area contributed by atoms with E-state index in [4.69, 9.17) is 0 Å². The maximum atomic E-state index is 11.1. The van der Waals surface area contributed by atoms with Crippen molar-refractivity contribution in [3.8, 4) is 16.9 Å². The average molecular weight is 388 g/mol. The number of nitrogens with zero attached hydrogens (tertiary/aromatic N) is 4. The van der Waals surface area contributed by atoms with Gasteiger partial charge in [-0.2, -0.15) is 5.10 Å². The quantitative estimate of drug-likeness (QED) is 0.320. The van der Waals surface area contributed by atoms with E-state index in [0.29, 0.717) is 11.8 Å². The van der Waals surface area contributed by atoms with E-state index in [9.17, 15) is 25.3 Å². The molecule has 0 radical (unpaired) electrons. The van der Waals surface area contributed by atoms with Gasteiger partial charge in [-0.1, -0.05) is 48.5 Å². The van der Waals surface area contributed by atoms with Crippen molar-refractivity contribution in [1.29, 1.82) is 0 Å². The monoisotopic (exact) mass is 388 g/mol. The zero-order valence-corrected chi connectivity index (χ0v) is 14.7. The molecule has 3 aromatic rings. The molecule has 1 N–H and O–H groups in total. The van der Waals surface area contributed by atoms with E-state index in [-0.39, 0.29) is 5.56 Å². The summed E-state index contributed by atoms with van der Waals surface area (Å²) >= 11 is 0. The van der Waals surface area contributed by atoms with Crippen LogP contribution in [0.4, 0.5) is 11.4 Å². The molecule has 0 unspecified atom stereocenters. The zero-order valence-electron chi connectivity index (χ0n) is 14.7. The van der Waals surface area contributed by atoms with Gasteiger partial charge in [0.25, 0.3) is 5.69 Å². The molecule has 142 valence electrons. The number of hydrogen-bond acceptors (Lipinski definition) is 7. The van der Waals surface area contributed by atoms with Crippen LogP contribution < -0.4 is 0 Å². The fraction of sp³-hybridized carbons (Fsp3) is 0. The second kappa shape index (κ2) is 6.97. The van der Waals surface area contributed by atoms with Crippen LogP contribution in [0.3, 0.4) is 0 Å². The lowest BCUT2D eigenvalue weighted by Gasteiger charge is -2.01. The van der Waals surface area contributed by atoms with Gasteiger partial charge in [0.15, 0.2) is 0 Å². The third-order valence-electron chi connectivity index (χ3n) is 4.52. The number of fused-ring (bicyclic) bond motifs is 3. The van der Waals surface area contributed by atoms with Crippen LogP contribution in [0.15, 0.2) is 70.9 Å². The molecule has 0 amide bonds. The summed E-state index contributed by atoms with van der Waals surface area (Å²) in [6, 6.07) is 17.0. The molecule has 1 aliphatic carbocycles. The van der Waals surface area contributed by atoms with E-state index in [1.807, 2.05) is 48.5 Å². The predicted molar refractivity (Wildman–Crippen MR) is 107 cm³/mol. The largest absolute Gasteiger partial charge is 0.502 e. The van der Waals surface area contributed by atoms with E-state index in [0.717, 1.165) is 34.5 Å². The molecule has 0 heterocycles. The van der Waals surface area contributed by atoms with Crippen LogP contribution in [0.2, 0.25) is 0 Å². The Morgan fingerprint density at radius 2 is 1.38 bits per heavy atom. The van der Waals surface area contributed by atoms with Gasteiger partial charge in [0.05, 0.1) is 27.7 Å². The minimum absolute atomic E-state index is 0.171. The van der Waals surface area contributed by atoms with E-state index in [1.54, 1.807) is 0 Å². The fourth-order valence-corrected chi connectivity index (χ4v) is 3.22. The Morgan fingerprint density at radius 3 is 1.90 bits per heavy atom. The number of benzene rings is 3. The molecule has 9 nitrogen and oxygen atoms in total. The zero-order chi connectivity index (χ0) is 20.5. The molecule has 0 atom stereocenters. The van der Waals surface area contributed by atoms with Crippen molar-refractivity contribution in [3.63, 3.8) is 0 Å². The van der Waals surface area contributed by atoms with Crippen LogP contribution in [0.1, 0.15) is 16.7 Å². The second-order valence-corrected chi connectivity index (χ2v) is 6.20. The van der Waals surface area contributed by atoms with E-state index in [2.05, 4.69) is 10.2 Å². The van der Waals surface area contributed by atoms with Crippen molar-refractivity contribution in [3.05, 3.63) is 97.6 Å². The topological polar surface area (TPSA) is 131 Å². The Bertz CT molecular complexity index is 1190. The lowest BCUT2D eigenvalue weighted by Crippen LogP contribution is -1.98. The summed E-state index contributed by atoms with van der Waals surface area (Å²) in [5.74, 6) is -0.711. The number of phenolic OH excluding ortho intramolecular Hbond substituents is 1. The number of nitro groups is 2. The minimum Gasteiger partial charge on any atom is -0.502 e. The van der Waals surface area contributed by atoms with Gasteiger partial charge >= 0.3 is 5.69 Å². The first-order valence-corrected chi connectivity index (χ1v) is 8.43. The predicted octanol–water partition coefficient (Wildman–Crippen LogP) is 4.06. The number of nitro benzene ring substituents is 2. The summed E-state index contributed by atoms with van der Waals surface area (Å²) in [7, 11) is 0. The summed E-state index contributed by atoms with van der Waals surface area (Å²) in [5.41, 5.74) is 2.89. The summed E-state index contributed by atoms with van der Waals surface area (Å²) in [5, 5.41) is 40.3. The lowest BCUT2D eigenvalue weighted by molar-refractivity contribution is -0.394.